The molecule has 138 valence electrons. The molecule has 2 saturated heterocycles. The fraction of sp³-hybridized carbons (Fsp3) is 0.944. The van der Waals surface area contributed by atoms with Gasteiger partial charge in [0, 0.05) is 51.4 Å². The standard InChI is InChI=1S/C18H35N5O/c1-18(2,23-8-10-24-11-9-23)14-21-17(19-3)20-12-15-6-7-22(13-15)16-4-5-16/h15-16H,4-14H2,1-3H3,(H2,19,20,21). The van der Waals surface area contributed by atoms with Gasteiger partial charge in [0.15, 0.2) is 5.96 Å². The predicted molar refractivity (Wildman–Crippen MR) is 98.5 cm³/mol. The van der Waals surface area contributed by atoms with E-state index in [0.29, 0.717) is 0 Å². The van der Waals surface area contributed by atoms with Crippen molar-refractivity contribution in [2.45, 2.75) is 44.7 Å². The van der Waals surface area contributed by atoms with Crippen molar-refractivity contribution in [3.63, 3.8) is 0 Å². The molecule has 6 nitrogen and oxygen atoms in total. The summed E-state index contributed by atoms with van der Waals surface area (Å²) in [6, 6.07) is 0.904. The van der Waals surface area contributed by atoms with Gasteiger partial charge in [-0.3, -0.25) is 9.89 Å². The van der Waals surface area contributed by atoms with Gasteiger partial charge in [-0.05, 0) is 45.6 Å². The molecule has 2 heterocycles. The van der Waals surface area contributed by atoms with E-state index < -0.39 is 0 Å². The third-order valence-electron chi connectivity index (χ3n) is 5.72. The van der Waals surface area contributed by atoms with Crippen molar-refractivity contribution in [1.29, 1.82) is 0 Å². The van der Waals surface area contributed by atoms with E-state index in [9.17, 15) is 0 Å². The summed E-state index contributed by atoms with van der Waals surface area (Å²) in [6.07, 6.45) is 4.15. The smallest absolute Gasteiger partial charge is 0.191 e. The van der Waals surface area contributed by atoms with Crippen molar-refractivity contribution in [2.75, 3.05) is 59.5 Å². The Morgan fingerprint density at radius 2 is 1.88 bits per heavy atom. The molecule has 2 aliphatic heterocycles. The number of aliphatic imine (C=N–C) groups is 1. The van der Waals surface area contributed by atoms with E-state index in [-0.39, 0.29) is 5.54 Å². The molecular formula is C18H35N5O. The molecular weight excluding hydrogens is 302 g/mol. The van der Waals surface area contributed by atoms with Gasteiger partial charge in [0.1, 0.15) is 0 Å². The Labute approximate surface area is 147 Å². The first kappa shape index (κ1) is 18.0. The van der Waals surface area contributed by atoms with Crippen molar-refractivity contribution in [1.82, 2.24) is 20.4 Å². The number of likely N-dealkylation sites (tertiary alicyclic amines) is 1. The summed E-state index contributed by atoms with van der Waals surface area (Å²) in [5, 5.41) is 7.06. The average molecular weight is 338 g/mol. The summed E-state index contributed by atoms with van der Waals surface area (Å²) < 4.78 is 5.46. The number of hydrogen-bond acceptors (Lipinski definition) is 4. The predicted octanol–water partition coefficient (Wildman–Crippen LogP) is 0.747. The number of rotatable bonds is 6. The SMILES string of the molecule is CN=C(NCC1CCN(C2CC2)C1)NCC(C)(C)N1CCOCC1. The molecule has 0 radical (unpaired) electrons. The molecule has 1 saturated carbocycles. The fourth-order valence-electron chi connectivity index (χ4n) is 3.84. The van der Waals surface area contributed by atoms with Crippen LogP contribution in [0, 0.1) is 5.92 Å². The maximum Gasteiger partial charge on any atom is 0.191 e. The summed E-state index contributed by atoms with van der Waals surface area (Å²) in [4.78, 5) is 9.57. The normalized spacial score (nSPS) is 27.5. The lowest BCUT2D eigenvalue weighted by atomic mass is 10.0. The molecule has 3 rings (SSSR count). The van der Waals surface area contributed by atoms with E-state index in [2.05, 4.69) is 39.3 Å². The fourth-order valence-corrected chi connectivity index (χ4v) is 3.84. The third-order valence-corrected chi connectivity index (χ3v) is 5.72. The molecule has 6 heteroatoms. The summed E-state index contributed by atoms with van der Waals surface area (Å²) in [7, 11) is 1.86. The highest BCUT2D eigenvalue weighted by Crippen LogP contribution is 2.31. The lowest BCUT2D eigenvalue weighted by Gasteiger charge is -2.41. The highest BCUT2D eigenvalue weighted by Gasteiger charge is 2.34. The summed E-state index contributed by atoms with van der Waals surface area (Å²) >= 11 is 0. The van der Waals surface area contributed by atoms with Crippen LogP contribution in [0.4, 0.5) is 0 Å². The second-order valence-electron chi connectivity index (χ2n) is 8.10. The second-order valence-corrected chi connectivity index (χ2v) is 8.10. The van der Waals surface area contributed by atoms with Gasteiger partial charge in [-0.25, -0.2) is 0 Å². The van der Waals surface area contributed by atoms with Gasteiger partial charge >= 0.3 is 0 Å². The first-order valence-corrected chi connectivity index (χ1v) is 9.60. The number of morpholine rings is 1. The number of ether oxygens (including phenoxy) is 1. The Balaban J connectivity index is 1.38. The number of guanidine groups is 1. The van der Waals surface area contributed by atoms with Crippen molar-refractivity contribution >= 4 is 5.96 Å². The zero-order valence-electron chi connectivity index (χ0n) is 15.7. The molecule has 0 bridgehead atoms. The lowest BCUT2D eigenvalue weighted by Crippen LogP contribution is -2.56. The Hall–Kier alpha value is -0.850. The van der Waals surface area contributed by atoms with Crippen molar-refractivity contribution in [3.8, 4) is 0 Å². The Morgan fingerprint density at radius 3 is 2.54 bits per heavy atom. The van der Waals surface area contributed by atoms with Crippen LogP contribution in [-0.4, -0.2) is 86.9 Å². The zero-order chi connectivity index (χ0) is 17.0. The molecule has 2 N–H and O–H groups in total. The van der Waals surface area contributed by atoms with Crippen LogP contribution >= 0.6 is 0 Å². The molecule has 0 aromatic heterocycles. The van der Waals surface area contributed by atoms with E-state index in [1.165, 1.54) is 32.4 Å². The molecule has 3 fully saturated rings. The van der Waals surface area contributed by atoms with Gasteiger partial charge in [-0.1, -0.05) is 0 Å². The molecule has 3 aliphatic rings. The minimum Gasteiger partial charge on any atom is -0.379 e. The average Bonchev–Trinajstić information content (AvgIpc) is 3.34. The van der Waals surface area contributed by atoms with Gasteiger partial charge in [0.25, 0.3) is 0 Å². The lowest BCUT2D eigenvalue weighted by molar-refractivity contribution is -0.00834. The van der Waals surface area contributed by atoms with Gasteiger partial charge in [0.05, 0.1) is 13.2 Å². The second kappa shape index (κ2) is 8.02. The Bertz CT molecular complexity index is 429. The number of nitrogens with one attached hydrogen (secondary N) is 2. The van der Waals surface area contributed by atoms with Crippen LogP contribution in [0.3, 0.4) is 0 Å². The molecule has 0 aromatic carbocycles. The number of nitrogens with zero attached hydrogens (tertiary/aromatic N) is 3. The zero-order valence-corrected chi connectivity index (χ0v) is 15.7. The highest BCUT2D eigenvalue weighted by molar-refractivity contribution is 5.79. The van der Waals surface area contributed by atoms with Crippen LogP contribution in [0.2, 0.25) is 0 Å². The minimum absolute atomic E-state index is 0.109. The van der Waals surface area contributed by atoms with Gasteiger partial charge in [0.2, 0.25) is 0 Å². The van der Waals surface area contributed by atoms with Crippen LogP contribution < -0.4 is 10.6 Å². The maximum absolute atomic E-state index is 5.46. The molecule has 1 unspecified atom stereocenters. The summed E-state index contributed by atoms with van der Waals surface area (Å²) in [6.45, 7) is 12.8. The van der Waals surface area contributed by atoms with Crippen LogP contribution in [0.25, 0.3) is 0 Å². The third kappa shape index (κ3) is 4.83. The van der Waals surface area contributed by atoms with Gasteiger partial charge in [-0.15, -0.1) is 0 Å². The van der Waals surface area contributed by atoms with Crippen molar-refractivity contribution in [3.05, 3.63) is 0 Å². The Kier molecular flexibility index (Phi) is 6.00. The van der Waals surface area contributed by atoms with Crippen molar-refractivity contribution < 1.29 is 4.74 Å². The van der Waals surface area contributed by atoms with Crippen molar-refractivity contribution in [2.24, 2.45) is 10.9 Å². The molecule has 0 amide bonds. The van der Waals surface area contributed by atoms with Gasteiger partial charge in [-0.2, -0.15) is 0 Å². The van der Waals surface area contributed by atoms with Crippen LogP contribution in [0.5, 0.6) is 0 Å². The molecule has 24 heavy (non-hydrogen) atoms. The molecule has 0 aromatic rings. The van der Waals surface area contributed by atoms with Crippen LogP contribution in [-0.2, 0) is 4.74 Å². The van der Waals surface area contributed by atoms with E-state index in [0.717, 1.165) is 57.3 Å². The Morgan fingerprint density at radius 1 is 1.12 bits per heavy atom. The van der Waals surface area contributed by atoms with E-state index >= 15 is 0 Å². The topological polar surface area (TPSA) is 52.1 Å². The van der Waals surface area contributed by atoms with Crippen LogP contribution in [0.15, 0.2) is 4.99 Å². The van der Waals surface area contributed by atoms with E-state index in [1.54, 1.807) is 0 Å². The van der Waals surface area contributed by atoms with E-state index in [1.807, 2.05) is 7.05 Å². The quantitative estimate of drug-likeness (QED) is 0.553. The monoisotopic (exact) mass is 337 g/mol. The molecule has 1 atom stereocenters. The number of hydrogen-bond donors (Lipinski definition) is 2. The minimum atomic E-state index is 0.109. The van der Waals surface area contributed by atoms with E-state index in [4.69, 9.17) is 4.74 Å². The summed E-state index contributed by atoms with van der Waals surface area (Å²) in [5.74, 6) is 1.69. The molecule has 0 spiro atoms. The van der Waals surface area contributed by atoms with Gasteiger partial charge < -0.3 is 20.3 Å². The highest BCUT2D eigenvalue weighted by atomic mass is 16.5. The largest absolute Gasteiger partial charge is 0.379 e. The first-order valence-electron chi connectivity index (χ1n) is 9.60. The first-order chi connectivity index (χ1) is 11.6. The molecule has 1 aliphatic carbocycles. The van der Waals surface area contributed by atoms with Crippen LogP contribution in [0.1, 0.15) is 33.1 Å². The maximum atomic E-state index is 5.46. The summed E-state index contributed by atoms with van der Waals surface area (Å²) in [5.41, 5.74) is 0.109.